The first kappa shape index (κ1) is 36.3. The molecule has 0 aliphatic carbocycles. The monoisotopic (exact) mass is 643 g/mol. The molecule has 11 nitrogen and oxygen atoms in total. The van der Waals surface area contributed by atoms with Crippen molar-refractivity contribution < 1.29 is 28.4 Å². The van der Waals surface area contributed by atoms with Crippen molar-refractivity contribution in [2.75, 3.05) is 13.2 Å². The number of amides is 2. The van der Waals surface area contributed by atoms with E-state index in [1.165, 1.54) is 5.01 Å². The molecule has 1 saturated heterocycles. The predicted molar refractivity (Wildman–Crippen MR) is 177 cm³/mol. The Balaban J connectivity index is 1.58. The molecule has 2 aromatic rings. The maximum atomic E-state index is 13.1. The first-order chi connectivity index (χ1) is 21.1. The summed E-state index contributed by atoms with van der Waals surface area (Å²) in [6.07, 6.45) is 4.26. The van der Waals surface area contributed by atoms with Crippen molar-refractivity contribution in [2.24, 2.45) is 11.8 Å². The Morgan fingerprint density at radius 1 is 1.16 bits per heavy atom. The van der Waals surface area contributed by atoms with Crippen molar-refractivity contribution in [3.63, 3.8) is 0 Å². The van der Waals surface area contributed by atoms with Gasteiger partial charge in [-0.25, -0.2) is 14.4 Å². The first-order valence-corrected chi connectivity index (χ1v) is 16.7. The minimum Gasteiger partial charge on any atom is -0.480 e. The summed E-state index contributed by atoms with van der Waals surface area (Å²) in [5.74, 6) is -1.93. The minimum absolute atomic E-state index is 0.00445. The van der Waals surface area contributed by atoms with E-state index in [2.05, 4.69) is 15.5 Å². The number of hydrogen-bond donors (Lipinski definition) is 4. The highest BCUT2D eigenvalue weighted by atomic mass is 32.2. The van der Waals surface area contributed by atoms with Gasteiger partial charge in [-0.1, -0.05) is 51.1 Å². The average molecular weight is 644 g/mol. The van der Waals surface area contributed by atoms with Crippen molar-refractivity contribution in [1.29, 1.82) is 0 Å². The van der Waals surface area contributed by atoms with Gasteiger partial charge >= 0.3 is 5.97 Å². The van der Waals surface area contributed by atoms with Gasteiger partial charge in [0, 0.05) is 11.9 Å². The number of carboxylic acids is 1. The number of nitrogens with zero attached hydrogens (tertiary/aromatic N) is 2. The molecule has 2 heterocycles. The molecule has 0 radical (unpaired) electrons. The summed E-state index contributed by atoms with van der Waals surface area (Å²) < 4.78 is 21.3. The molecule has 1 aliphatic heterocycles. The second-order valence-corrected chi connectivity index (χ2v) is 15.1. The normalized spacial score (nSPS) is 19.3. The van der Waals surface area contributed by atoms with Gasteiger partial charge in [0.2, 0.25) is 5.91 Å². The fourth-order valence-electron chi connectivity index (χ4n) is 4.76. The second kappa shape index (κ2) is 15.9. The number of rotatable bonds is 13. The molecule has 6 atom stereocenters. The first-order valence-electron chi connectivity index (χ1n) is 15.6. The third kappa shape index (κ3) is 10.4. The number of aliphatic carboxylic acids is 1. The molecule has 4 N–H and O–H groups in total. The summed E-state index contributed by atoms with van der Waals surface area (Å²) in [5, 5.41) is 14.3. The Hall–Kier alpha value is -3.19. The number of ether oxygens (including phenoxy) is 1. The van der Waals surface area contributed by atoms with Gasteiger partial charge in [-0.2, -0.15) is 0 Å². The van der Waals surface area contributed by atoms with Crippen molar-refractivity contribution in [2.45, 2.75) is 97.2 Å². The number of fused-ring (bicyclic) bond motifs is 1. The Kier molecular flexibility index (Phi) is 12.8. The summed E-state index contributed by atoms with van der Waals surface area (Å²) in [7, 11) is -1.21. The third-order valence-electron chi connectivity index (χ3n) is 7.52. The van der Waals surface area contributed by atoms with Gasteiger partial charge in [0.15, 0.2) is 0 Å². The highest BCUT2D eigenvalue weighted by Crippen LogP contribution is 2.21. The largest absolute Gasteiger partial charge is 0.480 e. The molecule has 0 spiro atoms. The molecule has 1 aliphatic rings. The fourth-order valence-corrected chi connectivity index (χ4v) is 5.56. The van der Waals surface area contributed by atoms with Crippen LogP contribution in [0.2, 0.25) is 0 Å². The van der Waals surface area contributed by atoms with Gasteiger partial charge in [-0.05, 0) is 77.0 Å². The summed E-state index contributed by atoms with van der Waals surface area (Å²) in [4.78, 5) is 42.1. The summed E-state index contributed by atoms with van der Waals surface area (Å²) in [5.41, 5.74) is 5.36. The molecule has 1 fully saturated rings. The van der Waals surface area contributed by atoms with Gasteiger partial charge in [0.25, 0.3) is 5.91 Å². The maximum absolute atomic E-state index is 13.1. The van der Waals surface area contributed by atoms with E-state index in [1.54, 1.807) is 6.92 Å². The zero-order chi connectivity index (χ0) is 33.5. The van der Waals surface area contributed by atoms with Gasteiger partial charge in [0.1, 0.15) is 18.2 Å². The van der Waals surface area contributed by atoms with E-state index in [0.29, 0.717) is 26.0 Å². The Bertz CT molecular complexity index is 1410. The van der Waals surface area contributed by atoms with E-state index in [1.807, 2.05) is 91.0 Å². The molecule has 248 valence electrons. The Morgan fingerprint density at radius 2 is 1.84 bits per heavy atom. The van der Waals surface area contributed by atoms with Gasteiger partial charge in [0.05, 0.1) is 39.6 Å². The second-order valence-electron chi connectivity index (χ2n) is 13.1. The highest BCUT2D eigenvalue weighted by Gasteiger charge is 2.32. The number of hydrogen-bond acceptors (Lipinski definition) is 7. The standard InChI is InChI=1S/C33H49N5O6S/c1-20(2)29(30(39)34-23(5)31(40)38-17-9-10-27(36-38)32(41)42)44-19-21(3)11-12-24-13-14-25-15-16-26(35-28(25)18-24)22(4)37-45(43)33(6,7)8/h11-16,18,20-23,27,29,36-37H,9-10,17,19H2,1-8H3,(H,34,39)(H,41,42)/t21?,22-,23+,27+,29+,45+/m1/s1. The van der Waals surface area contributed by atoms with Crippen molar-refractivity contribution in [1.82, 2.24) is 25.5 Å². The van der Waals surface area contributed by atoms with E-state index < -0.39 is 41.0 Å². The molecule has 0 saturated carbocycles. The van der Waals surface area contributed by atoms with E-state index >= 15 is 0 Å². The molecule has 45 heavy (non-hydrogen) atoms. The number of carbonyl (C=O) groups excluding carboxylic acids is 2. The highest BCUT2D eigenvalue weighted by molar-refractivity contribution is 7.84. The number of benzene rings is 1. The minimum atomic E-state index is -1.21. The Morgan fingerprint density at radius 3 is 2.49 bits per heavy atom. The van der Waals surface area contributed by atoms with Gasteiger partial charge in [-0.15, -0.1) is 0 Å². The van der Waals surface area contributed by atoms with E-state index in [9.17, 15) is 23.7 Å². The number of hydrazine groups is 1. The summed E-state index contributed by atoms with van der Waals surface area (Å²) in [6.45, 7) is 15.8. The summed E-state index contributed by atoms with van der Waals surface area (Å²) in [6, 6.07) is 8.16. The van der Waals surface area contributed by atoms with Crippen LogP contribution in [0, 0.1) is 11.8 Å². The molecule has 1 unspecified atom stereocenters. The molecule has 1 aromatic heterocycles. The lowest BCUT2D eigenvalue weighted by atomic mass is 10.0. The van der Waals surface area contributed by atoms with Crippen LogP contribution in [0.5, 0.6) is 0 Å². The van der Waals surface area contributed by atoms with Crippen molar-refractivity contribution >= 4 is 45.7 Å². The van der Waals surface area contributed by atoms with E-state index in [-0.39, 0.29) is 28.5 Å². The van der Waals surface area contributed by atoms with Crippen LogP contribution in [0.3, 0.4) is 0 Å². The van der Waals surface area contributed by atoms with Crippen molar-refractivity contribution in [3.8, 4) is 0 Å². The lowest BCUT2D eigenvalue weighted by Gasteiger charge is -2.34. The van der Waals surface area contributed by atoms with Crippen LogP contribution in [0.4, 0.5) is 0 Å². The number of pyridine rings is 1. The number of carboxylic acid groups (broad SMARTS) is 1. The maximum Gasteiger partial charge on any atom is 0.322 e. The SMILES string of the molecule is CC(C=Cc1ccc2ccc([C@@H](C)N[S@@](=O)C(C)(C)C)nc2c1)CO[C@H](C(=O)N[C@@H](C)C(=O)N1CCC[C@@H](C(=O)O)N1)C(C)C. The van der Waals surface area contributed by atoms with Crippen LogP contribution in [0.1, 0.15) is 85.5 Å². The predicted octanol–water partition coefficient (Wildman–Crippen LogP) is 4.12. The smallest absolute Gasteiger partial charge is 0.322 e. The van der Waals surface area contributed by atoms with Gasteiger partial charge < -0.3 is 15.2 Å². The third-order valence-corrected chi connectivity index (χ3v) is 9.20. The Labute approximate surface area is 269 Å². The lowest BCUT2D eigenvalue weighted by molar-refractivity contribution is -0.149. The van der Waals surface area contributed by atoms with E-state index in [0.717, 1.165) is 22.2 Å². The molecular weight excluding hydrogens is 594 g/mol. The fraction of sp³-hybridized carbons (Fsp3) is 0.576. The van der Waals surface area contributed by atoms with Crippen LogP contribution >= 0.6 is 0 Å². The topological polar surface area (TPSA) is 150 Å². The van der Waals surface area contributed by atoms with Crippen LogP contribution in [-0.4, -0.2) is 73.2 Å². The van der Waals surface area contributed by atoms with E-state index in [4.69, 9.17) is 9.72 Å². The summed E-state index contributed by atoms with van der Waals surface area (Å²) >= 11 is 0. The van der Waals surface area contributed by atoms with Crippen molar-refractivity contribution in [3.05, 3.63) is 47.7 Å². The number of carbonyl (C=O) groups is 3. The van der Waals surface area contributed by atoms with Gasteiger partial charge in [-0.3, -0.25) is 24.4 Å². The van der Waals surface area contributed by atoms with Crippen LogP contribution in [0.25, 0.3) is 17.0 Å². The molecule has 0 bridgehead atoms. The lowest BCUT2D eigenvalue weighted by Crippen LogP contribution is -2.60. The average Bonchev–Trinajstić information content (AvgIpc) is 2.98. The van der Waals surface area contributed by atoms with Crippen LogP contribution in [0.15, 0.2) is 36.4 Å². The van der Waals surface area contributed by atoms with Crippen LogP contribution < -0.4 is 15.5 Å². The molecule has 1 aromatic carbocycles. The number of nitrogens with one attached hydrogen (secondary N) is 3. The molecule has 2 amide bonds. The molecular formula is C33H49N5O6S. The van der Waals surface area contributed by atoms with Crippen LogP contribution in [-0.2, 0) is 30.1 Å². The molecule has 3 rings (SSSR count). The quantitative estimate of drug-likeness (QED) is 0.255. The molecule has 12 heteroatoms. The zero-order valence-corrected chi connectivity index (χ0v) is 28.4. The zero-order valence-electron chi connectivity index (χ0n) is 27.6. The number of aromatic nitrogens is 1.